The van der Waals surface area contributed by atoms with E-state index in [-0.39, 0.29) is 5.91 Å². The first kappa shape index (κ1) is 25.1. The minimum Gasteiger partial charge on any atom is -0.457 e. The van der Waals surface area contributed by atoms with Crippen LogP contribution in [0.15, 0.2) is 91.0 Å². The Morgan fingerprint density at radius 3 is 2.36 bits per heavy atom. The van der Waals surface area contributed by atoms with Crippen molar-refractivity contribution in [2.45, 2.75) is 32.2 Å². The Balaban J connectivity index is 1.42. The van der Waals surface area contributed by atoms with Gasteiger partial charge in [0.25, 0.3) is 0 Å². The third-order valence-electron chi connectivity index (χ3n) is 6.03. The summed E-state index contributed by atoms with van der Waals surface area (Å²) in [5.74, 6) is 1.73. The van der Waals surface area contributed by atoms with E-state index in [9.17, 15) is 4.79 Å². The molecular weight excluding hydrogens is 446 g/mol. The van der Waals surface area contributed by atoms with Crippen LogP contribution in [0.5, 0.6) is 11.5 Å². The van der Waals surface area contributed by atoms with Gasteiger partial charge in [-0.25, -0.2) is 0 Å². The monoisotopic (exact) mass is 480 g/mol. The molecule has 3 N–H and O–H groups in total. The van der Waals surface area contributed by atoms with E-state index < -0.39 is 0 Å². The zero-order chi connectivity index (χ0) is 25.0. The van der Waals surface area contributed by atoms with Gasteiger partial charge in [-0.15, -0.1) is 0 Å². The van der Waals surface area contributed by atoms with Crippen LogP contribution in [0.2, 0.25) is 0 Å². The predicted molar refractivity (Wildman–Crippen MR) is 147 cm³/mol. The second kappa shape index (κ2) is 13.2. The lowest BCUT2D eigenvalue weighted by atomic mass is 10.1. The van der Waals surface area contributed by atoms with Crippen LogP contribution in [-0.2, 0) is 11.3 Å². The lowest BCUT2D eigenvalue weighted by molar-refractivity contribution is -0.673. The summed E-state index contributed by atoms with van der Waals surface area (Å²) in [6, 6.07) is 30.7. The van der Waals surface area contributed by atoms with E-state index in [1.165, 1.54) is 10.9 Å². The molecule has 0 aliphatic carbocycles. The fourth-order valence-corrected chi connectivity index (χ4v) is 4.16. The highest BCUT2D eigenvalue weighted by molar-refractivity contribution is 5.77. The average molecular weight is 481 g/mol. The topological polar surface area (TPSA) is 68.2 Å². The first-order valence-electron chi connectivity index (χ1n) is 12.6. The number of carbonyl (C=O) groups excluding carboxylic acids is 1. The van der Waals surface area contributed by atoms with Gasteiger partial charge in [0.05, 0.1) is 0 Å². The molecule has 0 bridgehead atoms. The maximum atomic E-state index is 11.8. The van der Waals surface area contributed by atoms with E-state index in [0.29, 0.717) is 19.5 Å². The van der Waals surface area contributed by atoms with Crippen molar-refractivity contribution in [3.05, 3.63) is 102 Å². The summed E-state index contributed by atoms with van der Waals surface area (Å²) in [6.45, 7) is 1.92. The zero-order valence-corrected chi connectivity index (χ0v) is 20.6. The summed E-state index contributed by atoms with van der Waals surface area (Å²) >= 11 is 0. The number of ether oxygens (including phenoxy) is 1. The molecule has 0 atom stereocenters. The first-order chi connectivity index (χ1) is 17.7. The average Bonchev–Trinajstić information content (AvgIpc) is 2.92. The third kappa shape index (κ3) is 7.27. The summed E-state index contributed by atoms with van der Waals surface area (Å²) < 4.78 is 8.27. The largest absolute Gasteiger partial charge is 0.457 e. The number of aryl methyl sites for hydroxylation is 1. The molecule has 36 heavy (non-hydrogen) atoms. The molecule has 1 amide bonds. The number of amides is 1. The second-order valence-electron chi connectivity index (χ2n) is 8.74. The maximum absolute atomic E-state index is 11.8. The van der Waals surface area contributed by atoms with Crippen molar-refractivity contribution < 1.29 is 14.1 Å². The van der Waals surface area contributed by atoms with Crippen LogP contribution >= 0.6 is 0 Å². The van der Waals surface area contributed by atoms with Crippen molar-refractivity contribution in [3.8, 4) is 11.5 Å². The quantitative estimate of drug-likeness (QED) is 0.201. The Hall–Kier alpha value is -3.96. The zero-order valence-electron chi connectivity index (χ0n) is 20.6. The van der Waals surface area contributed by atoms with E-state index in [1.54, 1.807) is 0 Å². The highest BCUT2D eigenvalue weighted by Gasteiger charge is 2.13. The number of para-hydroxylation sites is 2. The minimum atomic E-state index is 0.0853. The number of nitrogens with zero attached hydrogens (tertiary/aromatic N) is 1. The van der Waals surface area contributed by atoms with Gasteiger partial charge in [0, 0.05) is 49.5 Å². The Bertz CT molecular complexity index is 1280. The number of hydrogen-bond acceptors (Lipinski definition) is 3. The van der Waals surface area contributed by atoms with Gasteiger partial charge < -0.3 is 15.8 Å². The molecule has 0 spiro atoms. The highest BCUT2D eigenvalue weighted by atomic mass is 16.5. The molecule has 0 saturated heterocycles. The predicted octanol–water partition coefficient (Wildman–Crippen LogP) is 5.73. The lowest BCUT2D eigenvalue weighted by Crippen LogP contribution is -2.38. The number of unbranched alkanes of at least 4 members (excludes halogenated alkanes) is 2. The van der Waals surface area contributed by atoms with Gasteiger partial charge in [0.2, 0.25) is 17.1 Å². The molecule has 3 aromatic carbocycles. The molecule has 1 aromatic heterocycles. The molecule has 0 saturated carbocycles. The van der Waals surface area contributed by atoms with Crippen molar-refractivity contribution >= 4 is 29.0 Å². The normalized spacial score (nSPS) is 11.1. The van der Waals surface area contributed by atoms with Crippen LogP contribution in [-0.4, -0.2) is 19.0 Å². The number of rotatable bonds is 12. The van der Waals surface area contributed by atoms with Crippen LogP contribution in [0.4, 0.5) is 0 Å². The van der Waals surface area contributed by atoms with Gasteiger partial charge in [-0.1, -0.05) is 42.5 Å². The second-order valence-corrected chi connectivity index (χ2v) is 8.74. The summed E-state index contributed by atoms with van der Waals surface area (Å²) in [7, 11) is 0. The lowest BCUT2D eigenvalue weighted by Gasteiger charge is -2.07. The van der Waals surface area contributed by atoms with Gasteiger partial charge in [0.1, 0.15) is 18.0 Å². The molecule has 5 heteroatoms. The smallest absolute Gasteiger partial charge is 0.220 e. The fraction of sp³-hybridized carbons (Fsp3) is 0.226. The molecule has 4 rings (SSSR count). The fourth-order valence-electron chi connectivity index (χ4n) is 4.16. The van der Waals surface area contributed by atoms with Crippen LogP contribution < -0.4 is 20.4 Å². The summed E-state index contributed by atoms with van der Waals surface area (Å²) in [6.07, 6.45) is 7.74. The highest BCUT2D eigenvalue weighted by Crippen LogP contribution is 2.22. The summed E-state index contributed by atoms with van der Waals surface area (Å²) in [4.78, 5) is 11.8. The third-order valence-corrected chi connectivity index (χ3v) is 6.03. The molecule has 5 nitrogen and oxygen atoms in total. The number of benzene rings is 3. The van der Waals surface area contributed by atoms with Gasteiger partial charge >= 0.3 is 0 Å². The summed E-state index contributed by atoms with van der Waals surface area (Å²) in [5, 5.41) is 4.06. The van der Waals surface area contributed by atoms with Gasteiger partial charge in [-0.3, -0.25) is 4.79 Å². The van der Waals surface area contributed by atoms with Crippen molar-refractivity contribution in [2.75, 3.05) is 13.1 Å². The molecule has 0 aliphatic rings. The standard InChI is InChI=1S/C31H33N3O2/c32-22-23-33-31(35)13-5-2-8-24-34-27(19-17-26-9-6-7-12-30(26)34)18-14-25-15-20-29(21-16-25)36-28-10-3-1-4-11-28/h1,3-4,6-7,9-12,14-21H,2,5,8,13,22-24,32H2/p+1/b18-14+. The van der Waals surface area contributed by atoms with E-state index in [4.69, 9.17) is 10.5 Å². The van der Waals surface area contributed by atoms with Crippen molar-refractivity contribution in [1.29, 1.82) is 0 Å². The number of pyridine rings is 1. The number of aromatic nitrogens is 1. The van der Waals surface area contributed by atoms with Crippen LogP contribution in [0.3, 0.4) is 0 Å². The van der Waals surface area contributed by atoms with E-state index in [1.807, 2.05) is 42.5 Å². The molecule has 0 aliphatic heterocycles. The van der Waals surface area contributed by atoms with Gasteiger partial charge in [-0.05, 0) is 60.9 Å². The number of nitrogens with one attached hydrogen (secondary N) is 1. The van der Waals surface area contributed by atoms with Gasteiger partial charge in [0.15, 0.2) is 0 Å². The molecule has 4 aromatic rings. The van der Waals surface area contributed by atoms with E-state index in [0.717, 1.165) is 48.6 Å². The van der Waals surface area contributed by atoms with Crippen molar-refractivity contribution in [3.63, 3.8) is 0 Å². The molecule has 184 valence electrons. The molecular formula is C31H34N3O2+. The number of nitrogens with two attached hydrogens (primary N) is 1. The minimum absolute atomic E-state index is 0.0853. The maximum Gasteiger partial charge on any atom is 0.220 e. The van der Waals surface area contributed by atoms with Crippen molar-refractivity contribution in [1.82, 2.24) is 5.32 Å². The molecule has 0 unspecified atom stereocenters. The molecule has 1 heterocycles. The van der Waals surface area contributed by atoms with Gasteiger partial charge in [-0.2, -0.15) is 4.57 Å². The SMILES string of the molecule is NCCNC(=O)CCCCC[n+]1c(/C=C/c2ccc(Oc3ccccc3)cc2)ccc2ccccc21. The number of fused-ring (bicyclic) bond motifs is 1. The van der Waals surface area contributed by atoms with E-state index >= 15 is 0 Å². The number of carbonyl (C=O) groups is 1. The molecule has 0 fully saturated rings. The first-order valence-corrected chi connectivity index (χ1v) is 12.6. The Kier molecular flexibility index (Phi) is 9.23. The number of hydrogen-bond donors (Lipinski definition) is 2. The summed E-state index contributed by atoms with van der Waals surface area (Å²) in [5.41, 5.74) is 8.92. The van der Waals surface area contributed by atoms with Crippen LogP contribution in [0.25, 0.3) is 23.1 Å². The van der Waals surface area contributed by atoms with E-state index in [2.05, 4.69) is 70.6 Å². The Morgan fingerprint density at radius 1 is 0.806 bits per heavy atom. The molecule has 0 radical (unpaired) electrons. The van der Waals surface area contributed by atoms with Crippen LogP contribution in [0, 0.1) is 0 Å². The van der Waals surface area contributed by atoms with Crippen molar-refractivity contribution in [2.24, 2.45) is 5.73 Å². The van der Waals surface area contributed by atoms with Crippen LogP contribution in [0.1, 0.15) is 36.9 Å². The Labute approximate surface area is 213 Å². The Morgan fingerprint density at radius 2 is 1.56 bits per heavy atom.